The minimum absolute atomic E-state index is 0.141. The molecular formula is C16H16N2OSe. The third-order valence-corrected chi connectivity index (χ3v) is 5.57. The van der Waals surface area contributed by atoms with E-state index in [1.807, 2.05) is 40.0 Å². The molecular weight excluding hydrogens is 315 g/mol. The molecule has 1 N–H and O–H groups in total. The Kier molecular flexibility index (Phi) is 4.16. The Bertz CT molecular complexity index is 746. The molecule has 3 rings (SSSR count). The molecule has 0 aliphatic carbocycles. The van der Waals surface area contributed by atoms with E-state index < -0.39 is 0 Å². The number of benzene rings is 2. The SMILES string of the molecule is O=c1c2ccccc2[se]n1CCNCc1ccccc1. The van der Waals surface area contributed by atoms with Crippen LogP contribution in [0.4, 0.5) is 0 Å². The van der Waals surface area contributed by atoms with Crippen LogP contribution in [-0.4, -0.2) is 24.8 Å². The van der Waals surface area contributed by atoms with E-state index in [4.69, 9.17) is 0 Å². The van der Waals surface area contributed by atoms with E-state index in [1.54, 1.807) is 0 Å². The number of aromatic nitrogens is 1. The van der Waals surface area contributed by atoms with Crippen molar-refractivity contribution in [3.63, 3.8) is 0 Å². The molecule has 0 unspecified atom stereocenters. The van der Waals surface area contributed by atoms with Gasteiger partial charge in [-0.3, -0.25) is 0 Å². The first-order valence-electron chi connectivity index (χ1n) is 6.68. The average Bonchev–Trinajstić information content (AvgIpc) is 2.82. The van der Waals surface area contributed by atoms with Crippen molar-refractivity contribution < 1.29 is 0 Å². The zero-order valence-electron chi connectivity index (χ0n) is 11.1. The van der Waals surface area contributed by atoms with E-state index in [1.165, 1.54) is 9.82 Å². The van der Waals surface area contributed by atoms with Crippen molar-refractivity contribution in [3.8, 4) is 0 Å². The Balaban J connectivity index is 1.60. The van der Waals surface area contributed by atoms with Crippen molar-refractivity contribution in [2.75, 3.05) is 6.54 Å². The van der Waals surface area contributed by atoms with Gasteiger partial charge in [0, 0.05) is 0 Å². The van der Waals surface area contributed by atoms with Gasteiger partial charge in [-0.15, -0.1) is 0 Å². The van der Waals surface area contributed by atoms with Crippen molar-refractivity contribution in [2.45, 2.75) is 13.1 Å². The monoisotopic (exact) mass is 332 g/mol. The molecule has 0 saturated heterocycles. The number of nitrogens with zero attached hydrogens (tertiary/aromatic N) is 1. The van der Waals surface area contributed by atoms with Gasteiger partial charge >= 0.3 is 123 Å². The zero-order valence-corrected chi connectivity index (χ0v) is 12.8. The standard InChI is InChI=1S/C16H16N2OSe/c19-16-14-8-4-5-9-15(14)20-18(16)11-10-17-12-13-6-2-1-3-7-13/h1-9,17H,10-12H2. The van der Waals surface area contributed by atoms with Gasteiger partial charge in [-0.05, 0) is 0 Å². The molecule has 0 amide bonds. The first-order chi connectivity index (χ1) is 9.84. The van der Waals surface area contributed by atoms with Crippen LogP contribution in [0.25, 0.3) is 9.65 Å². The molecule has 1 aromatic heterocycles. The summed E-state index contributed by atoms with van der Waals surface area (Å²) >= 11 is 0.141. The van der Waals surface area contributed by atoms with Gasteiger partial charge in [-0.25, -0.2) is 0 Å². The number of hydrogen-bond acceptors (Lipinski definition) is 2. The van der Waals surface area contributed by atoms with Crippen LogP contribution in [0.15, 0.2) is 59.4 Å². The molecule has 0 fully saturated rings. The Hall–Kier alpha value is -1.61. The second-order valence-electron chi connectivity index (χ2n) is 4.66. The normalized spacial score (nSPS) is 11.0. The first kappa shape index (κ1) is 13.4. The molecule has 0 saturated carbocycles. The van der Waals surface area contributed by atoms with Gasteiger partial charge < -0.3 is 0 Å². The molecule has 102 valence electrons. The van der Waals surface area contributed by atoms with Crippen LogP contribution in [0.5, 0.6) is 0 Å². The quantitative estimate of drug-likeness (QED) is 0.572. The van der Waals surface area contributed by atoms with Gasteiger partial charge in [0.1, 0.15) is 0 Å². The van der Waals surface area contributed by atoms with E-state index in [9.17, 15) is 4.79 Å². The molecule has 3 nitrogen and oxygen atoms in total. The van der Waals surface area contributed by atoms with Gasteiger partial charge in [0.25, 0.3) is 0 Å². The summed E-state index contributed by atoms with van der Waals surface area (Å²) in [6.45, 7) is 2.46. The second kappa shape index (κ2) is 6.23. The molecule has 20 heavy (non-hydrogen) atoms. The zero-order chi connectivity index (χ0) is 13.8. The Morgan fingerprint density at radius 2 is 1.75 bits per heavy atom. The Morgan fingerprint density at radius 1 is 1.00 bits per heavy atom. The third kappa shape index (κ3) is 2.93. The van der Waals surface area contributed by atoms with Crippen molar-refractivity contribution in [3.05, 3.63) is 70.5 Å². The Morgan fingerprint density at radius 3 is 2.55 bits per heavy atom. The summed E-state index contributed by atoms with van der Waals surface area (Å²) in [6, 6.07) is 18.2. The summed E-state index contributed by atoms with van der Waals surface area (Å²) < 4.78 is 3.17. The van der Waals surface area contributed by atoms with Crippen molar-refractivity contribution in [2.24, 2.45) is 0 Å². The molecule has 0 atom stereocenters. The minimum atomic E-state index is 0.141. The molecule has 0 aliphatic heterocycles. The van der Waals surface area contributed by atoms with Crippen LogP contribution in [0, 0.1) is 0 Å². The van der Waals surface area contributed by atoms with Crippen LogP contribution in [-0.2, 0) is 13.1 Å². The van der Waals surface area contributed by atoms with E-state index in [0.717, 1.165) is 25.0 Å². The van der Waals surface area contributed by atoms with Gasteiger partial charge in [-0.2, -0.15) is 0 Å². The summed E-state index contributed by atoms with van der Waals surface area (Å²) in [5.74, 6) is 0. The summed E-state index contributed by atoms with van der Waals surface area (Å²) in [4.78, 5) is 12.2. The van der Waals surface area contributed by atoms with Crippen LogP contribution >= 0.6 is 0 Å². The summed E-state index contributed by atoms with van der Waals surface area (Å²) in [5, 5.41) is 4.28. The number of fused-ring (bicyclic) bond motifs is 1. The van der Waals surface area contributed by atoms with Gasteiger partial charge in [0.05, 0.1) is 0 Å². The maximum absolute atomic E-state index is 12.2. The molecule has 4 heteroatoms. The van der Waals surface area contributed by atoms with E-state index in [0.29, 0.717) is 0 Å². The fourth-order valence-electron chi connectivity index (χ4n) is 2.17. The third-order valence-electron chi connectivity index (χ3n) is 3.22. The first-order valence-corrected chi connectivity index (χ1v) is 8.30. The predicted molar refractivity (Wildman–Crippen MR) is 83.3 cm³/mol. The van der Waals surface area contributed by atoms with Crippen molar-refractivity contribution in [1.82, 2.24) is 8.88 Å². The maximum atomic E-state index is 12.2. The fourth-order valence-corrected chi connectivity index (χ4v) is 4.26. The van der Waals surface area contributed by atoms with Crippen LogP contribution in [0.3, 0.4) is 0 Å². The number of nitrogens with one attached hydrogen (secondary N) is 1. The predicted octanol–water partition coefficient (Wildman–Crippen LogP) is 1.85. The van der Waals surface area contributed by atoms with E-state index >= 15 is 0 Å². The van der Waals surface area contributed by atoms with Gasteiger partial charge in [-0.1, -0.05) is 0 Å². The molecule has 0 radical (unpaired) electrons. The molecule has 3 aromatic rings. The van der Waals surface area contributed by atoms with E-state index in [2.05, 4.69) is 23.5 Å². The second-order valence-corrected chi connectivity index (χ2v) is 6.89. The van der Waals surface area contributed by atoms with Crippen LogP contribution < -0.4 is 10.9 Å². The molecule has 2 aromatic carbocycles. The topological polar surface area (TPSA) is 34.0 Å². The summed E-state index contributed by atoms with van der Waals surface area (Å²) in [7, 11) is 0. The van der Waals surface area contributed by atoms with Crippen molar-refractivity contribution in [1.29, 1.82) is 0 Å². The van der Waals surface area contributed by atoms with Crippen LogP contribution in [0.2, 0.25) is 0 Å². The van der Waals surface area contributed by atoms with Gasteiger partial charge in [0.15, 0.2) is 0 Å². The summed E-state index contributed by atoms with van der Waals surface area (Å²) in [6.07, 6.45) is 0. The van der Waals surface area contributed by atoms with Crippen LogP contribution in [0.1, 0.15) is 5.56 Å². The number of rotatable bonds is 5. The van der Waals surface area contributed by atoms with Gasteiger partial charge in [0.2, 0.25) is 0 Å². The van der Waals surface area contributed by atoms with E-state index in [-0.39, 0.29) is 20.3 Å². The van der Waals surface area contributed by atoms with Crippen molar-refractivity contribution >= 4 is 24.4 Å². The molecule has 1 heterocycles. The molecule has 0 bridgehead atoms. The number of hydrogen-bond donors (Lipinski definition) is 1. The fraction of sp³-hybridized carbons (Fsp3) is 0.188. The Labute approximate surface area is 123 Å². The average molecular weight is 331 g/mol. The summed E-state index contributed by atoms with van der Waals surface area (Å²) in [5.41, 5.74) is 1.45. The molecule has 0 aliphatic rings. The molecule has 0 spiro atoms.